The number of nitrogens with one attached hydrogen (secondary N) is 1. The predicted molar refractivity (Wildman–Crippen MR) is 156 cm³/mol. The maximum absolute atomic E-state index is 14.7. The molecule has 0 bridgehead atoms. The average Bonchev–Trinajstić information content (AvgIpc) is 3.49. The van der Waals surface area contributed by atoms with Gasteiger partial charge in [-0.15, -0.1) is 0 Å². The van der Waals surface area contributed by atoms with Crippen LogP contribution < -0.4 is 10.2 Å². The molecule has 1 N–H and O–H groups in total. The summed E-state index contributed by atoms with van der Waals surface area (Å²) in [7, 11) is 0. The van der Waals surface area contributed by atoms with Gasteiger partial charge in [0.15, 0.2) is 11.6 Å². The number of hydrogen-bond donors (Lipinski definition) is 1. The van der Waals surface area contributed by atoms with Gasteiger partial charge in [0.05, 0.1) is 16.9 Å². The highest BCUT2D eigenvalue weighted by molar-refractivity contribution is 6.18. The quantitative estimate of drug-likeness (QED) is 0.203. The van der Waals surface area contributed by atoms with E-state index < -0.39 is 34.1 Å². The number of nitro benzene ring substituents is 1. The maximum atomic E-state index is 14.7. The molecule has 42 heavy (non-hydrogen) atoms. The highest BCUT2D eigenvalue weighted by atomic mass is 16.6. The molecule has 0 unspecified atom stereocenters. The van der Waals surface area contributed by atoms with Gasteiger partial charge in [-0.3, -0.25) is 29.5 Å². The highest BCUT2D eigenvalue weighted by Crippen LogP contribution is 2.58. The van der Waals surface area contributed by atoms with E-state index in [-0.39, 0.29) is 28.5 Å². The molecule has 7 rings (SSSR count). The molecule has 1 aromatic heterocycles. The Morgan fingerprint density at radius 1 is 0.929 bits per heavy atom. The van der Waals surface area contributed by atoms with Crippen LogP contribution >= 0.6 is 0 Å². The van der Waals surface area contributed by atoms with E-state index in [0.717, 1.165) is 16.8 Å². The number of nitrogens with zero attached hydrogens (tertiary/aromatic N) is 3. The standard InChI is InChI=1S/C33H24N4O5/c1-19-17-27-33(24-9-3-4-10-25(24)35-32(33)40)28(30(38)21-7-6-16-34-18-21)29(36(27)26-11-5-2-8-23(19)26)31(39)20-12-14-22(15-13-20)37(41)42/h2-18,27-29H,1H3,(H,35,40)/t27-,28+,29-,33-/m0/s1. The molecule has 1 spiro atoms. The van der Waals surface area contributed by atoms with E-state index in [1.54, 1.807) is 24.4 Å². The molecule has 4 aromatic rings. The number of rotatable bonds is 5. The van der Waals surface area contributed by atoms with Gasteiger partial charge in [0.25, 0.3) is 5.69 Å². The average molecular weight is 557 g/mol. The van der Waals surface area contributed by atoms with E-state index in [4.69, 9.17) is 0 Å². The van der Waals surface area contributed by atoms with Gasteiger partial charge >= 0.3 is 0 Å². The Kier molecular flexibility index (Phi) is 5.65. The molecule has 4 heterocycles. The minimum Gasteiger partial charge on any atom is -0.352 e. The van der Waals surface area contributed by atoms with Crippen LogP contribution in [0.25, 0.3) is 5.57 Å². The van der Waals surface area contributed by atoms with Gasteiger partial charge in [-0.1, -0.05) is 42.5 Å². The second kappa shape index (κ2) is 9.31. The first-order chi connectivity index (χ1) is 20.3. The van der Waals surface area contributed by atoms with Crippen LogP contribution in [0, 0.1) is 16.0 Å². The summed E-state index contributed by atoms with van der Waals surface area (Å²) in [5.74, 6) is -2.29. The molecule has 3 aliphatic heterocycles. The van der Waals surface area contributed by atoms with Gasteiger partial charge in [0, 0.05) is 52.6 Å². The zero-order valence-corrected chi connectivity index (χ0v) is 22.4. The Hall–Kier alpha value is -5.44. The van der Waals surface area contributed by atoms with Crippen molar-refractivity contribution in [3.05, 3.63) is 136 Å². The number of non-ortho nitro benzene ring substituents is 1. The van der Waals surface area contributed by atoms with Crippen LogP contribution in [0.15, 0.2) is 103 Å². The van der Waals surface area contributed by atoms with Crippen LogP contribution in [0.3, 0.4) is 0 Å². The van der Waals surface area contributed by atoms with E-state index in [0.29, 0.717) is 11.3 Å². The minimum atomic E-state index is -1.45. The Bertz CT molecular complexity index is 1830. The monoisotopic (exact) mass is 556 g/mol. The fourth-order valence-electron chi connectivity index (χ4n) is 6.99. The van der Waals surface area contributed by atoms with Crippen LogP contribution in [0.4, 0.5) is 17.1 Å². The first kappa shape index (κ1) is 25.5. The molecule has 9 heteroatoms. The van der Waals surface area contributed by atoms with Crippen LogP contribution in [0.2, 0.25) is 0 Å². The fourth-order valence-corrected chi connectivity index (χ4v) is 6.99. The Balaban J connectivity index is 1.53. The van der Waals surface area contributed by atoms with Gasteiger partial charge in [0.1, 0.15) is 11.5 Å². The third-order valence-electron chi connectivity index (χ3n) is 8.74. The number of anilines is 2. The molecule has 1 fully saturated rings. The summed E-state index contributed by atoms with van der Waals surface area (Å²) < 4.78 is 0. The number of carbonyl (C=O) groups excluding carboxylic acids is 3. The third-order valence-corrected chi connectivity index (χ3v) is 8.74. The number of aromatic nitrogens is 1. The lowest BCUT2D eigenvalue weighted by Crippen LogP contribution is -2.51. The lowest BCUT2D eigenvalue weighted by atomic mass is 9.64. The summed E-state index contributed by atoms with van der Waals surface area (Å²) in [6.07, 6.45) is 5.00. The number of hydrogen-bond acceptors (Lipinski definition) is 7. The van der Waals surface area contributed by atoms with E-state index >= 15 is 0 Å². The van der Waals surface area contributed by atoms with Gasteiger partial charge in [0.2, 0.25) is 5.91 Å². The largest absolute Gasteiger partial charge is 0.352 e. The van der Waals surface area contributed by atoms with Crippen molar-refractivity contribution < 1.29 is 19.3 Å². The van der Waals surface area contributed by atoms with Crippen molar-refractivity contribution in [2.45, 2.75) is 24.4 Å². The summed E-state index contributed by atoms with van der Waals surface area (Å²) in [5.41, 5.74) is 2.71. The lowest BCUT2D eigenvalue weighted by molar-refractivity contribution is -0.384. The van der Waals surface area contributed by atoms with Gasteiger partial charge < -0.3 is 10.2 Å². The molecule has 3 aromatic carbocycles. The van der Waals surface area contributed by atoms with E-state index in [1.165, 1.54) is 30.5 Å². The number of pyridine rings is 1. The Labute approximate surface area is 240 Å². The molecule has 1 amide bonds. The predicted octanol–water partition coefficient (Wildman–Crippen LogP) is 5.24. The van der Waals surface area contributed by atoms with Gasteiger partial charge in [-0.2, -0.15) is 0 Å². The minimum absolute atomic E-state index is 0.152. The van der Waals surface area contributed by atoms with Crippen molar-refractivity contribution in [3.8, 4) is 0 Å². The molecule has 9 nitrogen and oxygen atoms in total. The number of benzene rings is 3. The van der Waals surface area contributed by atoms with E-state index in [2.05, 4.69) is 10.3 Å². The second-order valence-electron chi connectivity index (χ2n) is 10.8. The molecular weight excluding hydrogens is 532 g/mol. The number of carbonyl (C=O) groups is 3. The molecular formula is C33H24N4O5. The number of para-hydroxylation sites is 2. The number of Topliss-reactive ketones (excluding diaryl/α,β-unsaturated/α-hetero) is 2. The second-order valence-corrected chi connectivity index (χ2v) is 10.8. The molecule has 206 valence electrons. The Morgan fingerprint density at radius 3 is 2.40 bits per heavy atom. The highest BCUT2D eigenvalue weighted by Gasteiger charge is 2.70. The molecule has 0 aliphatic carbocycles. The summed E-state index contributed by atoms with van der Waals surface area (Å²) in [6, 6.07) is 21.8. The van der Waals surface area contributed by atoms with Crippen molar-refractivity contribution >= 4 is 40.1 Å². The summed E-state index contributed by atoms with van der Waals surface area (Å²) >= 11 is 0. The topological polar surface area (TPSA) is 123 Å². The summed E-state index contributed by atoms with van der Waals surface area (Å²) in [6.45, 7) is 1.96. The van der Waals surface area contributed by atoms with Gasteiger partial charge in [-0.05, 0) is 54.5 Å². The normalized spacial score (nSPS) is 23.5. The molecule has 1 saturated heterocycles. The van der Waals surface area contributed by atoms with Crippen molar-refractivity contribution in [2.75, 3.05) is 10.2 Å². The van der Waals surface area contributed by atoms with Crippen molar-refractivity contribution in [1.29, 1.82) is 0 Å². The van der Waals surface area contributed by atoms with Crippen molar-refractivity contribution in [2.24, 2.45) is 5.92 Å². The summed E-state index contributed by atoms with van der Waals surface area (Å²) in [5, 5.41) is 14.3. The van der Waals surface area contributed by atoms with Crippen LogP contribution in [-0.4, -0.2) is 39.5 Å². The Morgan fingerprint density at radius 2 is 1.67 bits per heavy atom. The van der Waals surface area contributed by atoms with Crippen LogP contribution in [-0.2, 0) is 10.2 Å². The van der Waals surface area contributed by atoms with E-state index in [1.807, 2.05) is 60.4 Å². The zero-order valence-electron chi connectivity index (χ0n) is 22.4. The first-order valence-electron chi connectivity index (χ1n) is 13.5. The number of fused-ring (bicyclic) bond motifs is 6. The molecule has 0 radical (unpaired) electrons. The SMILES string of the molecule is CC1=C[C@@H]2N(c3ccccc31)[C@H](C(=O)c1ccc([N+](=O)[O-])cc1)[C@H](C(=O)c1cccnc1)[C@@]21C(=O)Nc2ccccc21. The molecule has 0 saturated carbocycles. The van der Waals surface area contributed by atoms with E-state index in [9.17, 15) is 24.5 Å². The van der Waals surface area contributed by atoms with Crippen LogP contribution in [0.1, 0.15) is 38.8 Å². The number of ketones is 2. The van der Waals surface area contributed by atoms with Crippen LogP contribution in [0.5, 0.6) is 0 Å². The number of nitro groups is 1. The zero-order chi connectivity index (χ0) is 29.2. The number of amides is 1. The number of allylic oxidation sites excluding steroid dienone is 1. The smallest absolute Gasteiger partial charge is 0.269 e. The molecule has 4 atom stereocenters. The van der Waals surface area contributed by atoms with Crippen molar-refractivity contribution in [1.82, 2.24) is 4.98 Å². The fraction of sp³-hybridized carbons (Fsp3) is 0.152. The van der Waals surface area contributed by atoms with Gasteiger partial charge in [-0.25, -0.2) is 0 Å². The lowest BCUT2D eigenvalue weighted by Gasteiger charge is -2.39. The van der Waals surface area contributed by atoms with Crippen molar-refractivity contribution in [3.63, 3.8) is 0 Å². The maximum Gasteiger partial charge on any atom is 0.269 e. The third kappa shape index (κ3) is 3.43. The molecule has 3 aliphatic rings. The first-order valence-corrected chi connectivity index (χ1v) is 13.5. The summed E-state index contributed by atoms with van der Waals surface area (Å²) in [4.78, 5) is 60.6.